The van der Waals surface area contributed by atoms with Gasteiger partial charge in [-0.1, -0.05) is 24.3 Å². The van der Waals surface area contributed by atoms with E-state index in [0.717, 1.165) is 11.1 Å². The molecule has 3 aromatic rings. The van der Waals surface area contributed by atoms with Gasteiger partial charge in [0.25, 0.3) is 0 Å². The van der Waals surface area contributed by atoms with Crippen LogP contribution in [-0.4, -0.2) is 10.9 Å². The van der Waals surface area contributed by atoms with Crippen molar-refractivity contribution in [2.24, 2.45) is 0 Å². The second-order valence-corrected chi connectivity index (χ2v) is 6.04. The summed E-state index contributed by atoms with van der Waals surface area (Å²) in [6, 6.07) is 13.6. The maximum atomic E-state index is 13.1. The van der Waals surface area contributed by atoms with Gasteiger partial charge in [-0.2, -0.15) is 0 Å². The number of nitrogens with zero attached hydrogens (tertiary/aromatic N) is 1. The van der Waals surface area contributed by atoms with Crippen LogP contribution in [0.4, 0.5) is 9.52 Å². The molecule has 6 heteroatoms. The van der Waals surface area contributed by atoms with E-state index in [2.05, 4.69) is 10.3 Å². The zero-order valence-corrected chi connectivity index (χ0v) is 14.0. The summed E-state index contributed by atoms with van der Waals surface area (Å²) in [6.45, 7) is 0.295. The standard InChI is InChI=1S/C19H15FN2O2S/c20-16-3-1-2-15(12-16)13-24-17-7-4-14(5-8-17)6-9-18(23)22-19-21-10-11-25-19/h1-12H,13H2,(H,21,22,23)/b9-6+. The van der Waals surface area contributed by atoms with Crippen molar-refractivity contribution < 1.29 is 13.9 Å². The minimum absolute atomic E-state index is 0.235. The number of aromatic nitrogens is 1. The highest BCUT2D eigenvalue weighted by atomic mass is 32.1. The Morgan fingerprint density at radius 3 is 2.80 bits per heavy atom. The van der Waals surface area contributed by atoms with Crippen molar-refractivity contribution in [3.05, 3.63) is 83.1 Å². The lowest BCUT2D eigenvalue weighted by Crippen LogP contribution is -2.06. The van der Waals surface area contributed by atoms with E-state index in [1.165, 1.54) is 29.5 Å². The van der Waals surface area contributed by atoms with E-state index in [-0.39, 0.29) is 11.7 Å². The van der Waals surface area contributed by atoms with Crippen LogP contribution < -0.4 is 10.1 Å². The molecule has 0 saturated heterocycles. The number of hydrogen-bond acceptors (Lipinski definition) is 4. The fourth-order valence-corrected chi connectivity index (χ4v) is 2.60. The summed E-state index contributed by atoms with van der Waals surface area (Å²) in [5.41, 5.74) is 1.63. The molecule has 1 N–H and O–H groups in total. The summed E-state index contributed by atoms with van der Waals surface area (Å²) in [5.74, 6) is 0.160. The second-order valence-electron chi connectivity index (χ2n) is 5.15. The number of anilines is 1. The van der Waals surface area contributed by atoms with Gasteiger partial charge in [0.05, 0.1) is 0 Å². The van der Waals surface area contributed by atoms with E-state index in [0.29, 0.717) is 17.5 Å². The third-order valence-corrected chi connectivity index (χ3v) is 3.95. The van der Waals surface area contributed by atoms with E-state index < -0.39 is 0 Å². The normalized spacial score (nSPS) is 10.8. The molecule has 0 saturated carbocycles. The van der Waals surface area contributed by atoms with Crippen molar-refractivity contribution in [3.63, 3.8) is 0 Å². The van der Waals surface area contributed by atoms with Crippen LogP contribution in [0.3, 0.4) is 0 Å². The minimum Gasteiger partial charge on any atom is -0.489 e. The Bertz CT molecular complexity index is 861. The third kappa shape index (κ3) is 5.26. The average molecular weight is 354 g/mol. The quantitative estimate of drug-likeness (QED) is 0.663. The van der Waals surface area contributed by atoms with Gasteiger partial charge in [-0.3, -0.25) is 10.1 Å². The van der Waals surface area contributed by atoms with Gasteiger partial charge in [0.15, 0.2) is 5.13 Å². The molecule has 126 valence electrons. The number of halogens is 1. The molecule has 3 rings (SSSR count). The Morgan fingerprint density at radius 1 is 1.24 bits per heavy atom. The molecular weight excluding hydrogens is 339 g/mol. The van der Waals surface area contributed by atoms with Gasteiger partial charge in [0.2, 0.25) is 5.91 Å². The van der Waals surface area contributed by atoms with Crippen LogP contribution in [0.5, 0.6) is 5.75 Å². The molecule has 0 atom stereocenters. The monoisotopic (exact) mass is 354 g/mol. The van der Waals surface area contributed by atoms with Crippen molar-refractivity contribution in [2.75, 3.05) is 5.32 Å². The smallest absolute Gasteiger partial charge is 0.250 e. The topological polar surface area (TPSA) is 51.2 Å². The predicted molar refractivity (Wildman–Crippen MR) is 97.0 cm³/mol. The lowest BCUT2D eigenvalue weighted by Gasteiger charge is -2.06. The first-order valence-corrected chi connectivity index (χ1v) is 8.43. The van der Waals surface area contributed by atoms with Gasteiger partial charge >= 0.3 is 0 Å². The number of amides is 1. The van der Waals surface area contributed by atoms with E-state index in [9.17, 15) is 9.18 Å². The molecule has 0 radical (unpaired) electrons. The maximum Gasteiger partial charge on any atom is 0.250 e. The summed E-state index contributed by atoms with van der Waals surface area (Å²) >= 11 is 1.36. The molecule has 0 aliphatic carbocycles. The third-order valence-electron chi connectivity index (χ3n) is 3.26. The van der Waals surface area contributed by atoms with Gasteiger partial charge < -0.3 is 4.74 Å². The number of rotatable bonds is 6. The van der Waals surface area contributed by atoms with Crippen LogP contribution >= 0.6 is 11.3 Å². The molecule has 0 unspecified atom stereocenters. The SMILES string of the molecule is O=C(/C=C/c1ccc(OCc2cccc(F)c2)cc1)Nc1nccs1. The summed E-state index contributed by atoms with van der Waals surface area (Å²) in [7, 11) is 0. The average Bonchev–Trinajstić information content (AvgIpc) is 3.12. The zero-order chi connectivity index (χ0) is 17.5. The molecule has 2 aromatic carbocycles. The molecule has 4 nitrogen and oxygen atoms in total. The summed E-state index contributed by atoms with van der Waals surface area (Å²) in [4.78, 5) is 15.7. The number of nitrogens with one attached hydrogen (secondary N) is 1. The van der Waals surface area contributed by atoms with Crippen molar-refractivity contribution >= 4 is 28.5 Å². The van der Waals surface area contributed by atoms with Gasteiger partial charge in [-0.05, 0) is 41.5 Å². The molecule has 25 heavy (non-hydrogen) atoms. The van der Waals surface area contributed by atoms with Crippen LogP contribution in [0.1, 0.15) is 11.1 Å². The highest BCUT2D eigenvalue weighted by Crippen LogP contribution is 2.16. The molecule has 0 fully saturated rings. The number of ether oxygens (including phenoxy) is 1. The predicted octanol–water partition coefficient (Wildman–Crippen LogP) is 4.51. The van der Waals surface area contributed by atoms with Crippen molar-refractivity contribution in [3.8, 4) is 5.75 Å². The molecule has 0 spiro atoms. The van der Waals surface area contributed by atoms with E-state index in [1.54, 1.807) is 41.9 Å². The highest BCUT2D eigenvalue weighted by molar-refractivity contribution is 7.13. The Morgan fingerprint density at radius 2 is 2.08 bits per heavy atom. The van der Waals surface area contributed by atoms with Crippen LogP contribution in [0, 0.1) is 5.82 Å². The number of carbonyl (C=O) groups excluding carboxylic acids is 1. The number of hydrogen-bond donors (Lipinski definition) is 1. The molecule has 1 aromatic heterocycles. The van der Waals surface area contributed by atoms with E-state index in [4.69, 9.17) is 4.74 Å². The number of thiazole rings is 1. The molecule has 1 heterocycles. The lowest BCUT2D eigenvalue weighted by molar-refractivity contribution is -0.111. The van der Waals surface area contributed by atoms with E-state index in [1.807, 2.05) is 12.1 Å². The molecule has 0 bridgehead atoms. The summed E-state index contributed by atoms with van der Waals surface area (Å²) in [6.07, 6.45) is 4.79. The van der Waals surface area contributed by atoms with Crippen LogP contribution in [-0.2, 0) is 11.4 Å². The zero-order valence-electron chi connectivity index (χ0n) is 13.2. The minimum atomic E-state index is -0.280. The number of benzene rings is 2. The fourth-order valence-electron chi connectivity index (χ4n) is 2.07. The van der Waals surface area contributed by atoms with Gasteiger partial charge in [0, 0.05) is 17.7 Å². The molecule has 0 aliphatic rings. The first-order chi connectivity index (χ1) is 12.2. The first-order valence-electron chi connectivity index (χ1n) is 7.55. The van der Waals surface area contributed by atoms with Gasteiger partial charge in [-0.25, -0.2) is 9.37 Å². The Balaban J connectivity index is 1.53. The molecule has 1 amide bonds. The summed E-state index contributed by atoms with van der Waals surface area (Å²) in [5, 5.41) is 5.03. The number of carbonyl (C=O) groups is 1. The maximum absolute atomic E-state index is 13.1. The largest absolute Gasteiger partial charge is 0.489 e. The Hall–Kier alpha value is -2.99. The Kier molecular flexibility index (Phi) is 5.53. The molecular formula is C19H15FN2O2S. The lowest BCUT2D eigenvalue weighted by atomic mass is 10.2. The molecule has 0 aliphatic heterocycles. The van der Waals surface area contributed by atoms with Crippen LogP contribution in [0.2, 0.25) is 0 Å². The Labute approximate surface area is 148 Å². The first kappa shape index (κ1) is 16.9. The van der Waals surface area contributed by atoms with E-state index >= 15 is 0 Å². The van der Waals surface area contributed by atoms with Crippen molar-refractivity contribution in [1.29, 1.82) is 0 Å². The second kappa shape index (κ2) is 8.21. The fraction of sp³-hybridized carbons (Fsp3) is 0.0526. The van der Waals surface area contributed by atoms with Crippen LogP contribution in [0.25, 0.3) is 6.08 Å². The van der Waals surface area contributed by atoms with Crippen LogP contribution in [0.15, 0.2) is 66.2 Å². The van der Waals surface area contributed by atoms with Gasteiger partial charge in [-0.15, -0.1) is 11.3 Å². The van der Waals surface area contributed by atoms with Crippen molar-refractivity contribution in [1.82, 2.24) is 4.98 Å². The van der Waals surface area contributed by atoms with Gasteiger partial charge in [0.1, 0.15) is 18.2 Å². The summed E-state index contributed by atoms with van der Waals surface area (Å²) < 4.78 is 18.7. The highest BCUT2D eigenvalue weighted by Gasteiger charge is 2.00. The van der Waals surface area contributed by atoms with Crippen molar-refractivity contribution in [2.45, 2.75) is 6.61 Å².